The molecule has 0 unspecified atom stereocenters. The maximum Gasteiger partial charge on any atom is 0.123 e. The van der Waals surface area contributed by atoms with Gasteiger partial charge in [0.05, 0.1) is 52.8 Å². The molecule has 126 valence electrons. The Balaban J connectivity index is 1.68. The second-order valence-electron chi connectivity index (χ2n) is 5.77. The van der Waals surface area contributed by atoms with Crippen molar-refractivity contribution in [2.24, 2.45) is 5.10 Å². The Kier molecular flexibility index (Phi) is 5.85. The molecule has 0 saturated carbocycles. The van der Waals surface area contributed by atoms with Crippen LogP contribution in [-0.4, -0.2) is 75.8 Å². The van der Waals surface area contributed by atoms with E-state index in [1.165, 1.54) is 5.56 Å². The molecule has 6 heteroatoms. The van der Waals surface area contributed by atoms with Crippen molar-refractivity contribution >= 4 is 6.21 Å². The minimum absolute atomic E-state index is 0.752. The molecule has 6 nitrogen and oxygen atoms in total. The van der Waals surface area contributed by atoms with Crippen molar-refractivity contribution in [2.45, 2.75) is 6.54 Å². The summed E-state index contributed by atoms with van der Waals surface area (Å²) in [6.45, 7) is 7.64. The highest BCUT2D eigenvalue weighted by atomic mass is 16.5. The van der Waals surface area contributed by atoms with Crippen LogP contribution >= 0.6 is 0 Å². The monoisotopic (exact) mass is 319 g/mol. The molecular formula is C17H25N3O3. The van der Waals surface area contributed by atoms with Gasteiger partial charge in [-0.15, -0.1) is 0 Å². The largest absolute Gasteiger partial charge is 0.496 e. The molecule has 0 spiro atoms. The first-order valence-corrected chi connectivity index (χ1v) is 8.19. The van der Waals surface area contributed by atoms with Crippen LogP contribution < -0.4 is 4.74 Å². The highest BCUT2D eigenvalue weighted by molar-refractivity contribution is 5.80. The molecule has 3 rings (SSSR count). The molecule has 1 aromatic carbocycles. The highest BCUT2D eigenvalue weighted by Crippen LogP contribution is 2.21. The van der Waals surface area contributed by atoms with Crippen molar-refractivity contribution in [3.63, 3.8) is 0 Å². The van der Waals surface area contributed by atoms with Crippen LogP contribution in [0.25, 0.3) is 0 Å². The number of nitrogens with zero attached hydrogens (tertiary/aromatic N) is 3. The van der Waals surface area contributed by atoms with E-state index in [0.29, 0.717) is 0 Å². The molecule has 0 amide bonds. The smallest absolute Gasteiger partial charge is 0.123 e. The van der Waals surface area contributed by atoms with E-state index in [9.17, 15) is 0 Å². The number of hydrazone groups is 1. The second-order valence-corrected chi connectivity index (χ2v) is 5.77. The number of morpholine rings is 2. The molecule has 0 aromatic heterocycles. The first kappa shape index (κ1) is 16.2. The van der Waals surface area contributed by atoms with Crippen LogP contribution in [-0.2, 0) is 16.0 Å². The third-order valence-electron chi connectivity index (χ3n) is 4.16. The second kappa shape index (κ2) is 8.29. The van der Waals surface area contributed by atoms with Crippen LogP contribution in [0.2, 0.25) is 0 Å². The maximum absolute atomic E-state index is 5.51. The summed E-state index contributed by atoms with van der Waals surface area (Å²) in [6, 6.07) is 6.24. The van der Waals surface area contributed by atoms with Gasteiger partial charge in [0.2, 0.25) is 0 Å². The fraction of sp³-hybridized carbons (Fsp3) is 0.588. The zero-order chi connectivity index (χ0) is 15.9. The number of hydrogen-bond acceptors (Lipinski definition) is 6. The molecule has 1 aromatic rings. The maximum atomic E-state index is 5.51. The van der Waals surface area contributed by atoms with Crippen molar-refractivity contribution in [2.75, 3.05) is 59.7 Å². The number of ether oxygens (including phenoxy) is 3. The lowest BCUT2D eigenvalue weighted by molar-refractivity contribution is 0.0339. The minimum Gasteiger partial charge on any atom is -0.496 e. The van der Waals surface area contributed by atoms with Gasteiger partial charge in [0.25, 0.3) is 0 Å². The first-order chi connectivity index (χ1) is 11.3. The minimum atomic E-state index is 0.752. The predicted octanol–water partition coefficient (Wildman–Crippen LogP) is 1.19. The molecular weight excluding hydrogens is 294 g/mol. The van der Waals surface area contributed by atoms with Crippen molar-refractivity contribution in [3.8, 4) is 5.75 Å². The van der Waals surface area contributed by atoms with E-state index in [4.69, 9.17) is 14.2 Å². The van der Waals surface area contributed by atoms with E-state index in [-0.39, 0.29) is 0 Å². The Morgan fingerprint density at radius 3 is 2.48 bits per heavy atom. The van der Waals surface area contributed by atoms with Gasteiger partial charge >= 0.3 is 0 Å². The average molecular weight is 319 g/mol. The van der Waals surface area contributed by atoms with Crippen LogP contribution in [0.5, 0.6) is 5.75 Å². The van der Waals surface area contributed by atoms with Crippen LogP contribution in [0.3, 0.4) is 0 Å². The first-order valence-electron chi connectivity index (χ1n) is 8.19. The summed E-state index contributed by atoms with van der Waals surface area (Å²) in [4.78, 5) is 2.39. The highest BCUT2D eigenvalue weighted by Gasteiger charge is 2.14. The van der Waals surface area contributed by atoms with E-state index in [1.807, 2.05) is 18.3 Å². The molecule has 2 saturated heterocycles. The molecule has 2 fully saturated rings. The summed E-state index contributed by atoms with van der Waals surface area (Å²) < 4.78 is 16.3. The van der Waals surface area contributed by atoms with E-state index in [0.717, 1.165) is 70.5 Å². The summed E-state index contributed by atoms with van der Waals surface area (Å²) >= 11 is 0. The fourth-order valence-corrected chi connectivity index (χ4v) is 2.82. The molecule has 0 N–H and O–H groups in total. The summed E-state index contributed by atoms with van der Waals surface area (Å²) in [5.41, 5.74) is 2.29. The molecule has 0 aliphatic carbocycles. The Hall–Kier alpha value is -1.63. The SMILES string of the molecule is COc1ccc(/C=N/N2CCOCC2)cc1CN1CCOCC1. The van der Waals surface area contributed by atoms with Gasteiger partial charge in [0, 0.05) is 25.2 Å². The Bertz CT molecular complexity index is 524. The van der Waals surface area contributed by atoms with Gasteiger partial charge < -0.3 is 14.2 Å². The quantitative estimate of drug-likeness (QED) is 0.763. The lowest BCUT2D eigenvalue weighted by atomic mass is 10.1. The lowest BCUT2D eigenvalue weighted by Crippen LogP contribution is -2.35. The third kappa shape index (κ3) is 4.67. The Morgan fingerprint density at radius 2 is 1.78 bits per heavy atom. The van der Waals surface area contributed by atoms with E-state index in [2.05, 4.69) is 21.1 Å². The Morgan fingerprint density at radius 1 is 1.09 bits per heavy atom. The summed E-state index contributed by atoms with van der Waals surface area (Å²) in [6.07, 6.45) is 1.92. The van der Waals surface area contributed by atoms with E-state index in [1.54, 1.807) is 7.11 Å². The molecule has 0 atom stereocenters. The topological polar surface area (TPSA) is 46.5 Å². The molecule has 2 aliphatic heterocycles. The van der Waals surface area contributed by atoms with Crippen molar-refractivity contribution in [3.05, 3.63) is 29.3 Å². The zero-order valence-electron chi connectivity index (χ0n) is 13.7. The number of benzene rings is 1. The predicted molar refractivity (Wildman–Crippen MR) is 89.1 cm³/mol. The van der Waals surface area contributed by atoms with Crippen LogP contribution in [0.4, 0.5) is 0 Å². The average Bonchev–Trinajstić information content (AvgIpc) is 2.62. The van der Waals surface area contributed by atoms with Crippen molar-refractivity contribution < 1.29 is 14.2 Å². The summed E-state index contributed by atoms with van der Waals surface area (Å²) in [5.74, 6) is 0.931. The van der Waals surface area contributed by atoms with Crippen LogP contribution in [0, 0.1) is 0 Å². The third-order valence-corrected chi connectivity index (χ3v) is 4.16. The van der Waals surface area contributed by atoms with Gasteiger partial charge in [0.15, 0.2) is 0 Å². The normalized spacial score (nSPS) is 20.1. The molecule has 2 heterocycles. The molecule has 2 aliphatic rings. The van der Waals surface area contributed by atoms with E-state index >= 15 is 0 Å². The molecule has 0 bridgehead atoms. The fourth-order valence-electron chi connectivity index (χ4n) is 2.82. The van der Waals surface area contributed by atoms with Gasteiger partial charge in [-0.05, 0) is 23.8 Å². The Labute approximate surface area is 137 Å². The van der Waals surface area contributed by atoms with Gasteiger partial charge in [-0.25, -0.2) is 0 Å². The van der Waals surface area contributed by atoms with Crippen LogP contribution in [0.1, 0.15) is 11.1 Å². The van der Waals surface area contributed by atoms with Gasteiger partial charge in [-0.1, -0.05) is 0 Å². The summed E-state index contributed by atoms with van der Waals surface area (Å²) in [7, 11) is 1.72. The zero-order valence-corrected chi connectivity index (χ0v) is 13.7. The standard InChI is InChI=1S/C17H25N3O3/c1-21-17-3-2-15(13-18-20-6-10-23-11-7-20)12-16(17)14-19-4-8-22-9-5-19/h2-3,12-13H,4-11,14H2,1H3/b18-13+. The number of hydrogen-bond donors (Lipinski definition) is 0. The number of methoxy groups -OCH3 is 1. The van der Waals surface area contributed by atoms with Crippen molar-refractivity contribution in [1.29, 1.82) is 0 Å². The van der Waals surface area contributed by atoms with Gasteiger partial charge in [-0.2, -0.15) is 5.10 Å². The summed E-state index contributed by atoms with van der Waals surface area (Å²) in [5, 5.41) is 6.60. The van der Waals surface area contributed by atoms with Crippen LogP contribution in [0.15, 0.2) is 23.3 Å². The number of rotatable bonds is 5. The lowest BCUT2D eigenvalue weighted by Gasteiger charge is -2.27. The van der Waals surface area contributed by atoms with Gasteiger partial charge in [0.1, 0.15) is 5.75 Å². The van der Waals surface area contributed by atoms with Gasteiger partial charge in [-0.3, -0.25) is 9.91 Å². The van der Waals surface area contributed by atoms with Crippen molar-refractivity contribution in [1.82, 2.24) is 9.91 Å². The molecule has 0 radical (unpaired) electrons. The molecule has 23 heavy (non-hydrogen) atoms. The van der Waals surface area contributed by atoms with E-state index < -0.39 is 0 Å².